The van der Waals surface area contributed by atoms with Gasteiger partial charge in [-0.25, -0.2) is 0 Å². The first kappa shape index (κ1) is 28.3. The standard InChI is InChI=1S/C29H38Cl2N2O3/c1-5-26(28(35)32-21-10-7-6-8-11-21)33(18-23-24(30)12-9-13-25(23)31)27(34)19-36-22-16-14-20(15-17-22)29(2,3)4/h9,12-17,21,26H,5-8,10-11,18-19H2,1-4H3,(H,32,35)/t26-/m0/s1. The number of rotatable bonds is 9. The molecule has 1 N–H and O–H groups in total. The van der Waals surface area contributed by atoms with Crippen LogP contribution in [0.25, 0.3) is 0 Å². The van der Waals surface area contributed by atoms with Gasteiger partial charge in [0.05, 0.1) is 0 Å². The largest absolute Gasteiger partial charge is 0.484 e. The Hall–Kier alpha value is -2.24. The summed E-state index contributed by atoms with van der Waals surface area (Å²) < 4.78 is 5.85. The molecule has 36 heavy (non-hydrogen) atoms. The molecular formula is C29H38Cl2N2O3. The molecule has 0 bridgehead atoms. The zero-order valence-electron chi connectivity index (χ0n) is 21.8. The van der Waals surface area contributed by atoms with Crippen LogP contribution in [0.1, 0.15) is 77.3 Å². The molecule has 5 nitrogen and oxygen atoms in total. The SMILES string of the molecule is CC[C@@H](C(=O)NC1CCCCC1)N(Cc1c(Cl)cccc1Cl)C(=O)COc1ccc(C(C)(C)C)cc1. The average Bonchev–Trinajstić information content (AvgIpc) is 2.84. The first-order valence-corrected chi connectivity index (χ1v) is 13.6. The predicted molar refractivity (Wildman–Crippen MR) is 147 cm³/mol. The van der Waals surface area contributed by atoms with Crippen molar-refractivity contribution in [3.8, 4) is 5.75 Å². The fourth-order valence-electron chi connectivity index (χ4n) is 4.60. The van der Waals surface area contributed by atoms with Crippen LogP contribution in [0.4, 0.5) is 0 Å². The minimum absolute atomic E-state index is 0.0272. The highest BCUT2D eigenvalue weighted by molar-refractivity contribution is 6.36. The Bertz CT molecular complexity index is 1010. The summed E-state index contributed by atoms with van der Waals surface area (Å²) in [5.41, 5.74) is 1.83. The molecule has 0 heterocycles. The molecule has 196 valence electrons. The maximum Gasteiger partial charge on any atom is 0.261 e. The van der Waals surface area contributed by atoms with Crippen molar-refractivity contribution in [2.24, 2.45) is 0 Å². The van der Waals surface area contributed by atoms with Crippen LogP contribution in [0.15, 0.2) is 42.5 Å². The molecule has 0 radical (unpaired) electrons. The van der Waals surface area contributed by atoms with Crippen molar-refractivity contribution in [2.45, 2.75) is 90.3 Å². The highest BCUT2D eigenvalue weighted by Gasteiger charge is 2.31. The predicted octanol–water partition coefficient (Wildman–Crippen LogP) is 6.93. The van der Waals surface area contributed by atoms with Crippen LogP contribution in [0.3, 0.4) is 0 Å². The Morgan fingerprint density at radius 1 is 1.03 bits per heavy atom. The number of hydrogen-bond donors (Lipinski definition) is 1. The summed E-state index contributed by atoms with van der Waals surface area (Å²) >= 11 is 12.9. The molecule has 0 unspecified atom stereocenters. The Labute approximate surface area is 225 Å². The number of ether oxygens (including phenoxy) is 1. The molecule has 1 fully saturated rings. The van der Waals surface area contributed by atoms with Crippen LogP contribution in [-0.2, 0) is 21.5 Å². The minimum atomic E-state index is -0.654. The van der Waals surface area contributed by atoms with Gasteiger partial charge in [-0.1, -0.05) is 88.4 Å². The second-order valence-electron chi connectivity index (χ2n) is 10.6. The van der Waals surface area contributed by atoms with E-state index in [1.165, 1.54) is 12.0 Å². The lowest BCUT2D eigenvalue weighted by Crippen LogP contribution is -2.52. The third-order valence-corrected chi connectivity index (χ3v) is 7.52. The van der Waals surface area contributed by atoms with Crippen molar-refractivity contribution >= 4 is 35.0 Å². The van der Waals surface area contributed by atoms with Crippen molar-refractivity contribution in [1.29, 1.82) is 0 Å². The van der Waals surface area contributed by atoms with Crippen molar-refractivity contribution in [3.05, 3.63) is 63.6 Å². The fraction of sp³-hybridized carbons (Fsp3) is 0.517. The fourth-order valence-corrected chi connectivity index (χ4v) is 5.11. The van der Waals surface area contributed by atoms with Gasteiger partial charge < -0.3 is 15.0 Å². The van der Waals surface area contributed by atoms with Gasteiger partial charge in [-0.2, -0.15) is 0 Å². The minimum Gasteiger partial charge on any atom is -0.484 e. The quantitative estimate of drug-likeness (QED) is 0.381. The normalized spacial score (nSPS) is 15.3. The van der Waals surface area contributed by atoms with E-state index in [1.54, 1.807) is 23.1 Å². The maximum absolute atomic E-state index is 13.5. The highest BCUT2D eigenvalue weighted by atomic mass is 35.5. The van der Waals surface area contributed by atoms with E-state index in [-0.39, 0.29) is 36.4 Å². The molecule has 1 saturated carbocycles. The number of nitrogens with zero attached hydrogens (tertiary/aromatic N) is 1. The van der Waals surface area contributed by atoms with E-state index < -0.39 is 6.04 Å². The molecule has 0 aliphatic heterocycles. The number of carbonyl (C=O) groups is 2. The Balaban J connectivity index is 1.79. The summed E-state index contributed by atoms with van der Waals surface area (Å²) in [5.74, 6) is 0.166. The molecule has 0 spiro atoms. The van der Waals surface area contributed by atoms with Crippen molar-refractivity contribution < 1.29 is 14.3 Å². The van der Waals surface area contributed by atoms with Crippen LogP contribution < -0.4 is 10.1 Å². The molecule has 0 aromatic heterocycles. The van der Waals surface area contributed by atoms with Crippen molar-refractivity contribution in [2.75, 3.05) is 6.61 Å². The molecule has 7 heteroatoms. The van der Waals surface area contributed by atoms with Gasteiger partial charge in [0.15, 0.2) is 6.61 Å². The van der Waals surface area contributed by atoms with Gasteiger partial charge in [0.25, 0.3) is 5.91 Å². The van der Waals surface area contributed by atoms with Crippen LogP contribution in [0.5, 0.6) is 5.75 Å². The monoisotopic (exact) mass is 532 g/mol. The van der Waals surface area contributed by atoms with E-state index in [1.807, 2.05) is 31.2 Å². The smallest absolute Gasteiger partial charge is 0.261 e. The number of hydrogen-bond acceptors (Lipinski definition) is 3. The molecule has 2 aromatic carbocycles. The molecular weight excluding hydrogens is 495 g/mol. The molecule has 3 rings (SSSR count). The lowest BCUT2D eigenvalue weighted by Gasteiger charge is -2.33. The van der Waals surface area contributed by atoms with Gasteiger partial charge in [0, 0.05) is 28.2 Å². The zero-order valence-corrected chi connectivity index (χ0v) is 23.3. The van der Waals surface area contributed by atoms with Crippen LogP contribution >= 0.6 is 23.2 Å². The summed E-state index contributed by atoms with van der Waals surface area (Å²) in [6.07, 6.45) is 5.84. The summed E-state index contributed by atoms with van der Waals surface area (Å²) in [4.78, 5) is 28.4. The summed E-state index contributed by atoms with van der Waals surface area (Å²) in [6, 6.07) is 12.5. The van der Waals surface area contributed by atoms with Crippen molar-refractivity contribution in [3.63, 3.8) is 0 Å². The molecule has 1 aliphatic rings. The Morgan fingerprint density at radius 2 is 1.64 bits per heavy atom. The molecule has 2 aromatic rings. The van der Waals surface area contributed by atoms with Crippen LogP contribution in [0, 0.1) is 0 Å². The third-order valence-electron chi connectivity index (χ3n) is 6.81. The van der Waals surface area contributed by atoms with E-state index in [9.17, 15) is 9.59 Å². The number of nitrogens with one attached hydrogen (secondary N) is 1. The van der Waals surface area contributed by atoms with E-state index in [4.69, 9.17) is 27.9 Å². The van der Waals surface area contributed by atoms with Gasteiger partial charge >= 0.3 is 0 Å². The number of benzene rings is 2. The second-order valence-corrected chi connectivity index (χ2v) is 11.4. The number of halogens is 2. The maximum atomic E-state index is 13.5. The molecule has 1 atom stereocenters. The zero-order chi connectivity index (χ0) is 26.3. The summed E-state index contributed by atoms with van der Waals surface area (Å²) in [6.45, 7) is 8.28. The van der Waals surface area contributed by atoms with Gasteiger partial charge in [0.1, 0.15) is 11.8 Å². The second kappa shape index (κ2) is 12.8. The van der Waals surface area contributed by atoms with Gasteiger partial charge in [-0.05, 0) is 54.5 Å². The average molecular weight is 534 g/mol. The third kappa shape index (κ3) is 7.63. The van der Waals surface area contributed by atoms with E-state index in [2.05, 4.69) is 26.1 Å². The van der Waals surface area contributed by atoms with E-state index in [0.717, 1.165) is 25.7 Å². The van der Waals surface area contributed by atoms with Gasteiger partial charge in [0.2, 0.25) is 5.91 Å². The van der Waals surface area contributed by atoms with Crippen LogP contribution in [0.2, 0.25) is 10.0 Å². The topological polar surface area (TPSA) is 58.6 Å². The Kier molecular flexibility index (Phi) is 10.1. The lowest BCUT2D eigenvalue weighted by atomic mass is 9.87. The van der Waals surface area contributed by atoms with Gasteiger partial charge in [-0.15, -0.1) is 0 Å². The molecule has 0 saturated heterocycles. The van der Waals surface area contributed by atoms with Gasteiger partial charge in [-0.3, -0.25) is 9.59 Å². The number of carbonyl (C=O) groups excluding carboxylic acids is 2. The van der Waals surface area contributed by atoms with E-state index in [0.29, 0.717) is 27.8 Å². The van der Waals surface area contributed by atoms with Crippen molar-refractivity contribution in [1.82, 2.24) is 10.2 Å². The summed E-state index contributed by atoms with van der Waals surface area (Å²) in [7, 11) is 0. The first-order valence-electron chi connectivity index (χ1n) is 12.9. The highest BCUT2D eigenvalue weighted by Crippen LogP contribution is 2.28. The lowest BCUT2D eigenvalue weighted by molar-refractivity contribution is -0.143. The summed E-state index contributed by atoms with van der Waals surface area (Å²) in [5, 5.41) is 4.09. The number of amides is 2. The molecule has 1 aliphatic carbocycles. The van der Waals surface area contributed by atoms with E-state index >= 15 is 0 Å². The first-order chi connectivity index (χ1) is 17.1. The van der Waals surface area contributed by atoms with Crippen LogP contribution in [-0.4, -0.2) is 35.4 Å². The molecule has 2 amide bonds. The Morgan fingerprint density at radius 3 is 2.19 bits per heavy atom.